The fraction of sp³-hybridized carbons (Fsp3) is 0.0339. The molecule has 2 heterocycles. The van der Waals surface area contributed by atoms with E-state index in [4.69, 9.17) is 15.0 Å². The van der Waals surface area contributed by atoms with Crippen molar-refractivity contribution in [2.75, 3.05) is 0 Å². The zero-order valence-corrected chi connectivity index (χ0v) is 34.1. The predicted octanol–water partition coefficient (Wildman–Crippen LogP) is 13.3. The quantitative estimate of drug-likeness (QED) is 0.179. The smallest absolute Gasteiger partial charge is 0.238 e. The van der Waals surface area contributed by atoms with Crippen molar-refractivity contribution in [2.45, 2.75) is 10.8 Å². The van der Waals surface area contributed by atoms with Crippen molar-refractivity contribution < 1.29 is 0 Å². The van der Waals surface area contributed by atoms with Crippen LogP contribution >= 0.6 is 0 Å². The molecule has 2 spiro atoms. The second-order valence-electron chi connectivity index (χ2n) is 17.0. The molecule has 292 valence electrons. The first kappa shape index (κ1) is 34.5. The standard InChI is InChI=1S/C59H36N4/c1-3-19-37(20-4-1)55-60-56(38-21-5-2-6-22-38)62-57(61-55)63-52-34-18-10-25-41(52)42-35-36-51-53(54(42)63)43-26-9-13-29-46(43)59(51)49-32-16-14-30-47(49)58(48-31-15-17-33-50(48)59)44-27-11-7-23-39(44)40-24-8-12-28-45(40)58/h1-36H. The first-order chi connectivity index (χ1) is 31.3. The summed E-state index contributed by atoms with van der Waals surface area (Å²) in [6, 6.07) is 79.8. The minimum absolute atomic E-state index is 0.505. The molecule has 4 nitrogen and oxygen atoms in total. The van der Waals surface area contributed by atoms with Gasteiger partial charge in [-0.15, -0.1) is 0 Å². The number of benzene rings is 9. The van der Waals surface area contributed by atoms with Gasteiger partial charge >= 0.3 is 0 Å². The Labute approximate surface area is 364 Å². The van der Waals surface area contributed by atoms with Gasteiger partial charge < -0.3 is 0 Å². The molecular weight excluding hydrogens is 765 g/mol. The molecule has 0 amide bonds. The van der Waals surface area contributed by atoms with Gasteiger partial charge in [-0.1, -0.05) is 212 Å². The SMILES string of the molecule is c1ccc(-c2nc(-c3ccccc3)nc(-n3c4ccccc4c4ccc5c(c43)-c3ccccc3C53c4ccccc4C4(c5ccccc5-c5ccccc54)c4ccccc43)n2)cc1. The van der Waals surface area contributed by atoms with Gasteiger partial charge in [0.15, 0.2) is 11.6 Å². The Balaban J connectivity index is 1.13. The summed E-state index contributed by atoms with van der Waals surface area (Å²) < 4.78 is 2.31. The van der Waals surface area contributed by atoms with E-state index in [1.165, 1.54) is 66.8 Å². The maximum Gasteiger partial charge on any atom is 0.238 e. The van der Waals surface area contributed by atoms with Crippen molar-refractivity contribution in [3.63, 3.8) is 0 Å². The molecular formula is C59H36N4. The maximum atomic E-state index is 5.36. The van der Waals surface area contributed by atoms with Gasteiger partial charge in [-0.05, 0) is 67.3 Å². The van der Waals surface area contributed by atoms with Crippen molar-refractivity contribution in [1.29, 1.82) is 0 Å². The predicted molar refractivity (Wildman–Crippen MR) is 253 cm³/mol. The van der Waals surface area contributed by atoms with Crippen LogP contribution in [-0.2, 0) is 10.8 Å². The van der Waals surface area contributed by atoms with E-state index in [0.717, 1.165) is 32.9 Å². The summed E-state index contributed by atoms with van der Waals surface area (Å²) in [5, 5.41) is 2.31. The van der Waals surface area contributed by atoms with E-state index in [1.54, 1.807) is 0 Å². The normalized spacial score (nSPS) is 14.3. The Kier molecular flexibility index (Phi) is 6.94. The lowest BCUT2D eigenvalue weighted by molar-refractivity contribution is 0.633. The van der Waals surface area contributed by atoms with Crippen molar-refractivity contribution >= 4 is 21.8 Å². The van der Waals surface area contributed by atoms with Crippen LogP contribution in [-0.4, -0.2) is 19.5 Å². The highest BCUT2D eigenvalue weighted by Gasteiger charge is 2.59. The lowest BCUT2D eigenvalue weighted by atomic mass is 9.52. The average Bonchev–Trinajstić information content (AvgIpc) is 3.97. The molecule has 0 atom stereocenters. The van der Waals surface area contributed by atoms with Crippen LogP contribution in [0.3, 0.4) is 0 Å². The van der Waals surface area contributed by atoms with Crippen LogP contribution in [0.2, 0.25) is 0 Å². The molecule has 2 aromatic heterocycles. The van der Waals surface area contributed by atoms with E-state index >= 15 is 0 Å². The summed E-state index contributed by atoms with van der Waals surface area (Å²) >= 11 is 0. The van der Waals surface area contributed by atoms with Crippen LogP contribution in [0.4, 0.5) is 0 Å². The van der Waals surface area contributed by atoms with Gasteiger partial charge in [0.05, 0.1) is 21.9 Å². The lowest BCUT2D eigenvalue weighted by Gasteiger charge is -2.48. The van der Waals surface area contributed by atoms with Gasteiger partial charge in [-0.25, -0.2) is 4.98 Å². The molecule has 0 aliphatic heterocycles. The third-order valence-electron chi connectivity index (χ3n) is 14.2. The van der Waals surface area contributed by atoms with Gasteiger partial charge in [-0.3, -0.25) is 4.57 Å². The number of hydrogen-bond acceptors (Lipinski definition) is 3. The second-order valence-corrected chi connectivity index (χ2v) is 17.0. The van der Waals surface area contributed by atoms with Crippen LogP contribution in [0, 0.1) is 0 Å². The molecule has 3 aliphatic carbocycles. The molecule has 3 aliphatic rings. The van der Waals surface area contributed by atoms with Crippen LogP contribution in [0.5, 0.6) is 0 Å². The summed E-state index contributed by atoms with van der Waals surface area (Å²) in [5.41, 5.74) is 18.4. The Morgan fingerprint density at radius 2 is 0.714 bits per heavy atom. The highest BCUT2D eigenvalue weighted by Crippen LogP contribution is 2.68. The fourth-order valence-electron chi connectivity index (χ4n) is 11.9. The van der Waals surface area contributed by atoms with Crippen molar-refractivity contribution in [3.8, 4) is 51.0 Å². The highest BCUT2D eigenvalue weighted by molar-refractivity contribution is 6.16. The first-order valence-electron chi connectivity index (χ1n) is 21.7. The van der Waals surface area contributed by atoms with Crippen LogP contribution < -0.4 is 0 Å². The van der Waals surface area contributed by atoms with E-state index < -0.39 is 10.8 Å². The molecule has 63 heavy (non-hydrogen) atoms. The van der Waals surface area contributed by atoms with Gasteiger partial charge in [0.1, 0.15) is 0 Å². The Bertz CT molecular complexity index is 3540. The zero-order chi connectivity index (χ0) is 41.3. The molecule has 0 saturated heterocycles. The average molecular weight is 801 g/mol. The summed E-state index contributed by atoms with van der Waals surface area (Å²) in [6.45, 7) is 0. The molecule has 9 aromatic carbocycles. The minimum atomic E-state index is -0.629. The minimum Gasteiger partial charge on any atom is -0.277 e. The van der Waals surface area contributed by atoms with Gasteiger partial charge in [-0.2, -0.15) is 9.97 Å². The Hall–Kier alpha value is -8.21. The van der Waals surface area contributed by atoms with E-state index in [-0.39, 0.29) is 0 Å². The summed E-state index contributed by atoms with van der Waals surface area (Å²) in [4.78, 5) is 15.8. The number of nitrogens with zero attached hydrogens (tertiary/aromatic N) is 4. The second kappa shape index (κ2) is 12.7. The van der Waals surface area contributed by atoms with Crippen LogP contribution in [0.1, 0.15) is 44.5 Å². The highest BCUT2D eigenvalue weighted by atomic mass is 15.2. The molecule has 0 bridgehead atoms. The number of para-hydroxylation sites is 1. The molecule has 11 aromatic rings. The summed E-state index contributed by atoms with van der Waals surface area (Å²) in [5.74, 6) is 1.85. The Morgan fingerprint density at radius 3 is 1.25 bits per heavy atom. The molecule has 4 heteroatoms. The van der Waals surface area contributed by atoms with Gasteiger partial charge in [0, 0.05) is 27.5 Å². The molecule has 0 saturated carbocycles. The van der Waals surface area contributed by atoms with Crippen molar-refractivity contribution in [1.82, 2.24) is 19.5 Å². The fourth-order valence-corrected chi connectivity index (χ4v) is 11.9. The zero-order valence-electron chi connectivity index (χ0n) is 34.1. The molecule has 14 rings (SSSR count). The third kappa shape index (κ3) is 4.32. The van der Waals surface area contributed by atoms with Crippen molar-refractivity contribution in [2.24, 2.45) is 0 Å². The number of hydrogen-bond donors (Lipinski definition) is 0. The lowest BCUT2D eigenvalue weighted by Crippen LogP contribution is -2.43. The van der Waals surface area contributed by atoms with Crippen LogP contribution in [0.25, 0.3) is 72.8 Å². The van der Waals surface area contributed by atoms with E-state index in [1.807, 2.05) is 36.4 Å². The Morgan fingerprint density at radius 1 is 0.302 bits per heavy atom. The molecule has 0 radical (unpaired) electrons. The van der Waals surface area contributed by atoms with E-state index in [9.17, 15) is 0 Å². The van der Waals surface area contributed by atoms with E-state index in [0.29, 0.717) is 17.6 Å². The summed E-state index contributed by atoms with van der Waals surface area (Å²) in [6.07, 6.45) is 0. The summed E-state index contributed by atoms with van der Waals surface area (Å²) in [7, 11) is 0. The van der Waals surface area contributed by atoms with Crippen LogP contribution in [0.15, 0.2) is 218 Å². The molecule has 0 N–H and O–H groups in total. The molecule has 0 unspecified atom stereocenters. The van der Waals surface area contributed by atoms with Gasteiger partial charge in [0.2, 0.25) is 5.95 Å². The van der Waals surface area contributed by atoms with Gasteiger partial charge in [0.25, 0.3) is 0 Å². The first-order valence-corrected chi connectivity index (χ1v) is 21.7. The molecule has 0 fully saturated rings. The third-order valence-corrected chi connectivity index (χ3v) is 14.2. The monoisotopic (exact) mass is 800 g/mol. The van der Waals surface area contributed by atoms with E-state index in [2.05, 4.69) is 187 Å². The van der Waals surface area contributed by atoms with Crippen molar-refractivity contribution in [3.05, 3.63) is 263 Å². The number of fused-ring (bicyclic) bond motifs is 20. The largest absolute Gasteiger partial charge is 0.277 e. The number of aromatic nitrogens is 4. The number of rotatable bonds is 3. The maximum absolute atomic E-state index is 5.36. The topological polar surface area (TPSA) is 43.6 Å².